The quantitative estimate of drug-likeness (QED) is 0.896. The monoisotopic (exact) mass is 285 g/mol. The molecule has 0 aliphatic carbocycles. The molecule has 4 heteroatoms. The molecule has 18 heavy (non-hydrogen) atoms. The van der Waals surface area contributed by atoms with Crippen LogP contribution in [0.2, 0.25) is 5.02 Å². The van der Waals surface area contributed by atoms with Gasteiger partial charge in [0.1, 0.15) is 5.75 Å². The SMILES string of the molecule is CNC(Cc1cc(Cl)ccc1OC)C1CCCS1. The minimum Gasteiger partial charge on any atom is -0.496 e. The lowest BCUT2D eigenvalue weighted by molar-refractivity contribution is 0.405. The average Bonchev–Trinajstić information content (AvgIpc) is 2.90. The Balaban J connectivity index is 2.12. The standard InChI is InChI=1S/C14H20ClNOS/c1-16-12(14-4-3-7-18-14)9-10-8-11(15)5-6-13(10)17-2/h5-6,8,12,14,16H,3-4,7,9H2,1-2H3. The van der Waals surface area contributed by atoms with E-state index in [1.807, 2.05) is 25.2 Å². The summed E-state index contributed by atoms with van der Waals surface area (Å²) in [5.74, 6) is 2.22. The van der Waals surface area contributed by atoms with Gasteiger partial charge in [-0.15, -0.1) is 0 Å². The minimum absolute atomic E-state index is 0.491. The molecule has 1 aliphatic rings. The fourth-order valence-corrected chi connectivity index (χ4v) is 4.11. The molecule has 0 spiro atoms. The summed E-state index contributed by atoms with van der Waals surface area (Å²) in [6.07, 6.45) is 3.61. The largest absolute Gasteiger partial charge is 0.496 e. The molecule has 0 bridgehead atoms. The number of rotatable bonds is 5. The van der Waals surface area contributed by atoms with E-state index >= 15 is 0 Å². The van der Waals surface area contributed by atoms with Crippen LogP contribution in [0, 0.1) is 0 Å². The molecule has 2 atom stereocenters. The van der Waals surface area contributed by atoms with Gasteiger partial charge in [-0.3, -0.25) is 0 Å². The van der Waals surface area contributed by atoms with E-state index in [4.69, 9.17) is 16.3 Å². The number of ether oxygens (including phenoxy) is 1. The van der Waals surface area contributed by atoms with Crippen molar-refractivity contribution in [3.05, 3.63) is 28.8 Å². The smallest absolute Gasteiger partial charge is 0.122 e. The fourth-order valence-electron chi connectivity index (χ4n) is 2.48. The lowest BCUT2D eigenvalue weighted by atomic mass is 10.00. The highest BCUT2D eigenvalue weighted by molar-refractivity contribution is 8.00. The molecule has 0 saturated carbocycles. The highest BCUT2D eigenvalue weighted by Crippen LogP contribution is 2.32. The van der Waals surface area contributed by atoms with Gasteiger partial charge in [-0.2, -0.15) is 11.8 Å². The maximum absolute atomic E-state index is 6.08. The minimum atomic E-state index is 0.491. The summed E-state index contributed by atoms with van der Waals surface area (Å²) in [7, 11) is 3.76. The molecule has 0 radical (unpaired) electrons. The molecule has 1 saturated heterocycles. The van der Waals surface area contributed by atoms with Crippen LogP contribution in [0.25, 0.3) is 0 Å². The zero-order valence-corrected chi connectivity index (χ0v) is 12.5. The van der Waals surface area contributed by atoms with Crippen molar-refractivity contribution in [1.29, 1.82) is 0 Å². The molecule has 2 nitrogen and oxygen atoms in total. The van der Waals surface area contributed by atoms with Crippen LogP contribution in [0.5, 0.6) is 5.75 Å². The first-order valence-electron chi connectivity index (χ1n) is 6.36. The van der Waals surface area contributed by atoms with Gasteiger partial charge in [0, 0.05) is 16.3 Å². The van der Waals surface area contributed by atoms with E-state index in [2.05, 4.69) is 17.1 Å². The number of thioether (sulfide) groups is 1. The van der Waals surface area contributed by atoms with E-state index in [1.165, 1.54) is 24.2 Å². The predicted octanol–water partition coefficient (Wildman–Crippen LogP) is 3.37. The highest BCUT2D eigenvalue weighted by atomic mass is 35.5. The Morgan fingerprint density at radius 2 is 2.39 bits per heavy atom. The summed E-state index contributed by atoms with van der Waals surface area (Å²) >= 11 is 8.15. The van der Waals surface area contributed by atoms with Crippen LogP contribution >= 0.6 is 23.4 Å². The van der Waals surface area contributed by atoms with E-state index in [-0.39, 0.29) is 0 Å². The third-order valence-corrected chi connectivity index (χ3v) is 5.22. The van der Waals surface area contributed by atoms with Gasteiger partial charge in [0.15, 0.2) is 0 Å². The summed E-state index contributed by atoms with van der Waals surface area (Å²) in [6.45, 7) is 0. The lowest BCUT2D eigenvalue weighted by Crippen LogP contribution is -2.36. The Labute approximate surface area is 118 Å². The number of likely N-dealkylation sites (N-methyl/N-ethyl adjacent to an activating group) is 1. The first-order chi connectivity index (χ1) is 8.74. The second kappa shape index (κ2) is 6.69. The van der Waals surface area contributed by atoms with Crippen molar-refractivity contribution in [3.63, 3.8) is 0 Å². The number of methoxy groups -OCH3 is 1. The molecular formula is C14H20ClNOS. The molecule has 1 aliphatic heterocycles. The molecule has 0 amide bonds. The van der Waals surface area contributed by atoms with Gasteiger partial charge < -0.3 is 10.1 Å². The maximum atomic E-state index is 6.08. The molecule has 2 unspecified atom stereocenters. The van der Waals surface area contributed by atoms with Gasteiger partial charge >= 0.3 is 0 Å². The van der Waals surface area contributed by atoms with Crippen molar-refractivity contribution in [1.82, 2.24) is 5.32 Å². The summed E-state index contributed by atoms with van der Waals surface area (Å²) in [6, 6.07) is 6.34. The fraction of sp³-hybridized carbons (Fsp3) is 0.571. The molecule has 1 heterocycles. The van der Waals surface area contributed by atoms with Crippen molar-refractivity contribution in [2.24, 2.45) is 0 Å². The Morgan fingerprint density at radius 3 is 3.00 bits per heavy atom. The van der Waals surface area contributed by atoms with E-state index in [1.54, 1.807) is 7.11 Å². The highest BCUT2D eigenvalue weighted by Gasteiger charge is 2.25. The topological polar surface area (TPSA) is 21.3 Å². The van der Waals surface area contributed by atoms with Crippen LogP contribution in [-0.2, 0) is 6.42 Å². The number of halogens is 1. The van der Waals surface area contributed by atoms with Gasteiger partial charge in [-0.05, 0) is 55.8 Å². The third-order valence-electron chi connectivity index (χ3n) is 3.47. The van der Waals surface area contributed by atoms with Crippen LogP contribution in [0.4, 0.5) is 0 Å². The van der Waals surface area contributed by atoms with E-state index in [0.29, 0.717) is 11.3 Å². The van der Waals surface area contributed by atoms with Gasteiger partial charge in [-0.1, -0.05) is 11.6 Å². The van der Waals surface area contributed by atoms with Crippen LogP contribution in [-0.4, -0.2) is 31.2 Å². The first kappa shape index (κ1) is 14.0. The van der Waals surface area contributed by atoms with Crippen molar-refractivity contribution < 1.29 is 4.74 Å². The first-order valence-corrected chi connectivity index (χ1v) is 7.78. The Kier molecular flexibility index (Phi) is 5.22. The van der Waals surface area contributed by atoms with Crippen molar-refractivity contribution in [2.45, 2.75) is 30.6 Å². The molecule has 0 aromatic heterocycles. The Hall–Kier alpha value is -0.380. The van der Waals surface area contributed by atoms with Crippen LogP contribution in [0.15, 0.2) is 18.2 Å². The summed E-state index contributed by atoms with van der Waals surface area (Å²) < 4.78 is 5.42. The number of hydrogen-bond acceptors (Lipinski definition) is 3. The molecule has 1 fully saturated rings. The summed E-state index contributed by atoms with van der Waals surface area (Å²) in [5, 5.41) is 4.93. The zero-order valence-electron chi connectivity index (χ0n) is 10.9. The van der Waals surface area contributed by atoms with E-state index in [9.17, 15) is 0 Å². The number of benzene rings is 1. The van der Waals surface area contributed by atoms with E-state index < -0.39 is 0 Å². The molecular weight excluding hydrogens is 266 g/mol. The van der Waals surface area contributed by atoms with Crippen LogP contribution < -0.4 is 10.1 Å². The van der Waals surface area contributed by atoms with Crippen LogP contribution in [0.1, 0.15) is 18.4 Å². The van der Waals surface area contributed by atoms with Crippen molar-refractivity contribution in [3.8, 4) is 5.75 Å². The summed E-state index contributed by atoms with van der Waals surface area (Å²) in [5.41, 5.74) is 1.19. The van der Waals surface area contributed by atoms with Gasteiger partial charge in [0.25, 0.3) is 0 Å². The second-order valence-corrected chi connectivity index (χ2v) is 6.39. The normalized spacial score (nSPS) is 20.9. The van der Waals surface area contributed by atoms with E-state index in [0.717, 1.165) is 17.2 Å². The molecule has 1 aromatic carbocycles. The van der Waals surface area contributed by atoms with Crippen molar-refractivity contribution in [2.75, 3.05) is 19.9 Å². The predicted molar refractivity (Wildman–Crippen MR) is 80.0 cm³/mol. The molecule has 2 rings (SSSR count). The number of nitrogens with one attached hydrogen (secondary N) is 1. The molecule has 1 N–H and O–H groups in total. The molecule has 1 aromatic rings. The molecule has 100 valence electrons. The Bertz CT molecular complexity index is 393. The average molecular weight is 286 g/mol. The maximum Gasteiger partial charge on any atom is 0.122 e. The van der Waals surface area contributed by atoms with Crippen LogP contribution in [0.3, 0.4) is 0 Å². The number of hydrogen-bond donors (Lipinski definition) is 1. The van der Waals surface area contributed by atoms with Crippen molar-refractivity contribution >= 4 is 23.4 Å². The lowest BCUT2D eigenvalue weighted by Gasteiger charge is -2.23. The summed E-state index contributed by atoms with van der Waals surface area (Å²) in [4.78, 5) is 0. The van der Waals surface area contributed by atoms with Gasteiger partial charge in [0.05, 0.1) is 7.11 Å². The van der Waals surface area contributed by atoms with Gasteiger partial charge in [0.2, 0.25) is 0 Å². The third kappa shape index (κ3) is 3.34. The second-order valence-electron chi connectivity index (χ2n) is 4.61. The van der Waals surface area contributed by atoms with Gasteiger partial charge in [-0.25, -0.2) is 0 Å². The zero-order chi connectivity index (χ0) is 13.0. The Morgan fingerprint density at radius 1 is 1.56 bits per heavy atom.